The van der Waals surface area contributed by atoms with E-state index in [2.05, 4.69) is 11.8 Å². The summed E-state index contributed by atoms with van der Waals surface area (Å²) in [6.45, 7) is 3.73. The molecule has 1 atom stereocenters. The fourth-order valence-electron chi connectivity index (χ4n) is 1.81. The molecular formula is C14H21F2NO. The third-order valence-electron chi connectivity index (χ3n) is 2.99. The van der Waals surface area contributed by atoms with Crippen LogP contribution in [0.1, 0.15) is 37.9 Å². The Morgan fingerprint density at radius 2 is 2.00 bits per heavy atom. The lowest BCUT2D eigenvalue weighted by Gasteiger charge is -2.19. The molecule has 102 valence electrons. The second kappa shape index (κ2) is 7.44. The van der Waals surface area contributed by atoms with Crippen LogP contribution >= 0.6 is 0 Å². The largest absolute Gasteiger partial charge is 0.388 e. The van der Waals surface area contributed by atoms with Crippen LogP contribution in [0.5, 0.6) is 0 Å². The molecule has 0 bridgehead atoms. The second-order valence-corrected chi connectivity index (χ2v) is 4.63. The monoisotopic (exact) mass is 257 g/mol. The first kappa shape index (κ1) is 15.1. The van der Waals surface area contributed by atoms with Crippen molar-refractivity contribution < 1.29 is 13.9 Å². The van der Waals surface area contributed by atoms with Crippen LogP contribution < -0.4 is 0 Å². The van der Waals surface area contributed by atoms with E-state index in [-0.39, 0.29) is 5.56 Å². The highest BCUT2D eigenvalue weighted by molar-refractivity contribution is 5.20. The zero-order valence-electron chi connectivity index (χ0n) is 11.0. The van der Waals surface area contributed by atoms with Crippen molar-refractivity contribution in [2.45, 2.75) is 32.3 Å². The maximum absolute atomic E-state index is 13.4. The highest BCUT2D eigenvalue weighted by Gasteiger charge is 2.14. The van der Waals surface area contributed by atoms with E-state index in [1.807, 2.05) is 7.05 Å². The fourth-order valence-corrected chi connectivity index (χ4v) is 1.81. The molecule has 0 fully saturated rings. The van der Waals surface area contributed by atoms with Gasteiger partial charge < -0.3 is 10.0 Å². The van der Waals surface area contributed by atoms with Gasteiger partial charge in [0.25, 0.3) is 0 Å². The third kappa shape index (κ3) is 4.70. The predicted octanol–water partition coefficient (Wildman–Crippen LogP) is 3.12. The molecule has 18 heavy (non-hydrogen) atoms. The summed E-state index contributed by atoms with van der Waals surface area (Å²) in [6.07, 6.45) is 1.66. The van der Waals surface area contributed by atoms with Gasteiger partial charge in [0.1, 0.15) is 11.6 Å². The summed E-state index contributed by atoms with van der Waals surface area (Å²) in [5.41, 5.74) is 0.0406. The summed E-state index contributed by atoms with van der Waals surface area (Å²) in [7, 11) is 1.96. The van der Waals surface area contributed by atoms with Crippen LogP contribution in [-0.4, -0.2) is 30.1 Å². The molecule has 0 aliphatic heterocycles. The first-order valence-electron chi connectivity index (χ1n) is 6.36. The topological polar surface area (TPSA) is 23.5 Å². The molecule has 0 saturated carbocycles. The number of unbranched alkanes of at least 4 members (excludes halogenated alkanes) is 1. The number of hydrogen-bond acceptors (Lipinski definition) is 2. The second-order valence-electron chi connectivity index (χ2n) is 4.63. The lowest BCUT2D eigenvalue weighted by molar-refractivity contribution is 0.144. The van der Waals surface area contributed by atoms with Crippen molar-refractivity contribution >= 4 is 0 Å². The lowest BCUT2D eigenvalue weighted by Crippen LogP contribution is -2.22. The molecule has 2 nitrogen and oxygen atoms in total. The van der Waals surface area contributed by atoms with Gasteiger partial charge in [-0.3, -0.25) is 0 Å². The molecule has 1 aromatic rings. The van der Waals surface area contributed by atoms with E-state index in [1.165, 1.54) is 0 Å². The van der Waals surface area contributed by atoms with Gasteiger partial charge in [-0.25, -0.2) is 8.78 Å². The summed E-state index contributed by atoms with van der Waals surface area (Å²) >= 11 is 0. The Balaban J connectivity index is 2.49. The minimum Gasteiger partial charge on any atom is -0.388 e. The number of halogens is 2. The fraction of sp³-hybridized carbons (Fsp3) is 0.571. The molecule has 1 N–H and O–H groups in total. The van der Waals surface area contributed by atoms with Crippen molar-refractivity contribution in [3.05, 3.63) is 35.4 Å². The molecule has 1 rings (SSSR count). The van der Waals surface area contributed by atoms with Gasteiger partial charge >= 0.3 is 0 Å². The quantitative estimate of drug-likeness (QED) is 0.811. The van der Waals surface area contributed by atoms with Gasteiger partial charge in [0, 0.05) is 12.1 Å². The van der Waals surface area contributed by atoms with Crippen LogP contribution in [0.2, 0.25) is 0 Å². The number of hydrogen-bond donors (Lipinski definition) is 1. The van der Waals surface area contributed by atoms with Gasteiger partial charge in [0.2, 0.25) is 0 Å². The standard InChI is InChI=1S/C14H21F2NO/c1-3-4-8-17(2)9-7-14(18)12-10-11(15)5-6-13(12)16/h5-6,10,14,18H,3-4,7-9H2,1-2H3. The normalized spacial score (nSPS) is 13.0. The highest BCUT2D eigenvalue weighted by atomic mass is 19.1. The van der Waals surface area contributed by atoms with E-state index in [0.717, 1.165) is 37.6 Å². The van der Waals surface area contributed by atoms with Gasteiger partial charge in [-0.2, -0.15) is 0 Å². The Morgan fingerprint density at radius 1 is 1.28 bits per heavy atom. The minimum atomic E-state index is -0.954. The van der Waals surface area contributed by atoms with Crippen molar-refractivity contribution in [2.24, 2.45) is 0 Å². The predicted molar refractivity (Wildman–Crippen MR) is 68.3 cm³/mol. The molecule has 0 radical (unpaired) electrons. The van der Waals surface area contributed by atoms with Gasteiger partial charge in [-0.15, -0.1) is 0 Å². The summed E-state index contributed by atoms with van der Waals surface area (Å²) in [5, 5.41) is 9.87. The van der Waals surface area contributed by atoms with Crippen LogP contribution in [0.15, 0.2) is 18.2 Å². The third-order valence-corrected chi connectivity index (χ3v) is 2.99. The Morgan fingerprint density at radius 3 is 2.67 bits per heavy atom. The summed E-state index contributed by atoms with van der Waals surface area (Å²) in [6, 6.07) is 3.17. The average Bonchev–Trinajstić information content (AvgIpc) is 2.36. The molecule has 1 unspecified atom stereocenters. The molecule has 0 spiro atoms. The lowest BCUT2D eigenvalue weighted by atomic mass is 10.1. The maximum Gasteiger partial charge on any atom is 0.129 e. The molecule has 0 aliphatic carbocycles. The molecule has 0 amide bonds. The first-order valence-corrected chi connectivity index (χ1v) is 6.36. The van der Waals surface area contributed by atoms with Gasteiger partial charge in [0.05, 0.1) is 6.10 Å². The minimum absolute atomic E-state index is 0.0406. The zero-order valence-corrected chi connectivity index (χ0v) is 11.0. The Bertz CT molecular complexity index is 371. The number of benzene rings is 1. The van der Waals surface area contributed by atoms with Crippen LogP contribution in [-0.2, 0) is 0 Å². The number of rotatable bonds is 7. The average molecular weight is 257 g/mol. The van der Waals surface area contributed by atoms with Gasteiger partial charge in [0.15, 0.2) is 0 Å². The number of nitrogens with zero attached hydrogens (tertiary/aromatic N) is 1. The van der Waals surface area contributed by atoms with E-state index in [9.17, 15) is 13.9 Å². The summed E-state index contributed by atoms with van der Waals surface area (Å²) in [4.78, 5) is 2.09. The van der Waals surface area contributed by atoms with E-state index < -0.39 is 17.7 Å². The van der Waals surface area contributed by atoms with Crippen molar-refractivity contribution in [2.75, 3.05) is 20.1 Å². The SMILES string of the molecule is CCCCN(C)CCC(O)c1cc(F)ccc1F. The van der Waals surface area contributed by atoms with Gasteiger partial charge in [-0.05, 0) is 44.6 Å². The number of aliphatic hydroxyl groups is 1. The van der Waals surface area contributed by atoms with Crippen LogP contribution in [0, 0.1) is 11.6 Å². The van der Waals surface area contributed by atoms with Crippen LogP contribution in [0.25, 0.3) is 0 Å². The van der Waals surface area contributed by atoms with E-state index in [4.69, 9.17) is 0 Å². The molecule has 0 heterocycles. The molecule has 4 heteroatoms. The molecule has 0 aliphatic rings. The number of aliphatic hydroxyl groups excluding tert-OH is 1. The molecular weight excluding hydrogens is 236 g/mol. The smallest absolute Gasteiger partial charge is 0.129 e. The van der Waals surface area contributed by atoms with Crippen LogP contribution in [0.4, 0.5) is 8.78 Å². The Labute approximate surface area is 107 Å². The molecule has 1 aromatic carbocycles. The van der Waals surface area contributed by atoms with Crippen molar-refractivity contribution in [3.63, 3.8) is 0 Å². The van der Waals surface area contributed by atoms with Crippen molar-refractivity contribution in [1.29, 1.82) is 0 Å². The summed E-state index contributed by atoms with van der Waals surface area (Å²) < 4.78 is 26.4. The molecule has 0 saturated heterocycles. The maximum atomic E-state index is 13.4. The Hall–Kier alpha value is -1.00. The Kier molecular flexibility index (Phi) is 6.22. The zero-order chi connectivity index (χ0) is 13.5. The van der Waals surface area contributed by atoms with Crippen LogP contribution in [0.3, 0.4) is 0 Å². The van der Waals surface area contributed by atoms with E-state index >= 15 is 0 Å². The first-order chi connectivity index (χ1) is 8.54. The van der Waals surface area contributed by atoms with Crippen molar-refractivity contribution in [3.8, 4) is 0 Å². The van der Waals surface area contributed by atoms with Gasteiger partial charge in [-0.1, -0.05) is 13.3 Å². The summed E-state index contributed by atoms with van der Waals surface area (Å²) in [5.74, 6) is -1.08. The molecule has 0 aromatic heterocycles. The van der Waals surface area contributed by atoms with Crippen molar-refractivity contribution in [1.82, 2.24) is 4.90 Å². The highest BCUT2D eigenvalue weighted by Crippen LogP contribution is 2.21. The van der Waals surface area contributed by atoms with E-state index in [0.29, 0.717) is 13.0 Å². The van der Waals surface area contributed by atoms with E-state index in [1.54, 1.807) is 0 Å².